The van der Waals surface area contributed by atoms with Crippen molar-refractivity contribution in [2.75, 3.05) is 18.1 Å². The van der Waals surface area contributed by atoms with Gasteiger partial charge in [0.1, 0.15) is 0 Å². The molecule has 0 spiro atoms. The van der Waals surface area contributed by atoms with Crippen LogP contribution in [0.1, 0.15) is 27.9 Å². The quantitative estimate of drug-likeness (QED) is 0.534. The van der Waals surface area contributed by atoms with Crippen molar-refractivity contribution in [2.24, 2.45) is 5.92 Å². The van der Waals surface area contributed by atoms with Gasteiger partial charge in [-0.3, -0.25) is 14.4 Å². The number of ether oxygens (including phenoxy) is 1. The van der Waals surface area contributed by atoms with Gasteiger partial charge < -0.3 is 9.64 Å². The van der Waals surface area contributed by atoms with Gasteiger partial charge >= 0.3 is 5.97 Å². The number of anilines is 1. The Balaban J connectivity index is 1.59. The Labute approximate surface area is 166 Å². The highest BCUT2D eigenvalue weighted by Crippen LogP contribution is 2.27. The van der Waals surface area contributed by atoms with Gasteiger partial charge in [0.05, 0.1) is 5.92 Å². The van der Waals surface area contributed by atoms with E-state index < -0.39 is 11.9 Å². The summed E-state index contributed by atoms with van der Waals surface area (Å²) in [6.07, 6.45) is 0.0955. The Bertz CT molecular complexity index is 892. The summed E-state index contributed by atoms with van der Waals surface area (Å²) in [6, 6.07) is 12.6. The number of hydrogen-bond donors (Lipinski definition) is 0. The number of carbonyl (C=O) groups is 3. The summed E-state index contributed by atoms with van der Waals surface area (Å²) < 4.78 is 6.04. The summed E-state index contributed by atoms with van der Waals surface area (Å²) in [6.45, 7) is 3.94. The van der Waals surface area contributed by atoms with E-state index in [2.05, 4.69) is 15.9 Å². The third kappa shape index (κ3) is 4.45. The topological polar surface area (TPSA) is 63.7 Å². The highest BCUT2D eigenvalue weighted by Gasteiger charge is 2.36. The first-order valence-corrected chi connectivity index (χ1v) is 9.47. The standard InChI is InChI=1S/C21H20BrNO4/c1-13-3-8-18(9-14(13)2)23-11-16(10-20(23)25)21(26)27-12-19(24)15-4-6-17(22)7-5-15/h3-9,16H,10-12H2,1-2H3. The molecule has 27 heavy (non-hydrogen) atoms. The summed E-state index contributed by atoms with van der Waals surface area (Å²) in [5, 5.41) is 0. The lowest BCUT2D eigenvalue weighted by molar-refractivity contribution is -0.147. The van der Waals surface area contributed by atoms with Crippen LogP contribution in [0.2, 0.25) is 0 Å². The van der Waals surface area contributed by atoms with Crippen LogP contribution >= 0.6 is 15.9 Å². The minimum atomic E-state index is -0.558. The predicted molar refractivity (Wildman–Crippen MR) is 106 cm³/mol. The lowest BCUT2D eigenvalue weighted by atomic mass is 10.1. The molecule has 0 saturated carbocycles. The van der Waals surface area contributed by atoms with E-state index >= 15 is 0 Å². The molecule has 5 nitrogen and oxygen atoms in total. The van der Waals surface area contributed by atoms with Crippen LogP contribution in [-0.4, -0.2) is 30.8 Å². The molecule has 1 amide bonds. The van der Waals surface area contributed by atoms with Crippen LogP contribution in [0.5, 0.6) is 0 Å². The van der Waals surface area contributed by atoms with Gasteiger partial charge in [-0.1, -0.05) is 34.1 Å². The predicted octanol–water partition coefficient (Wildman–Crippen LogP) is 3.84. The van der Waals surface area contributed by atoms with Crippen molar-refractivity contribution in [1.29, 1.82) is 0 Å². The van der Waals surface area contributed by atoms with Gasteiger partial charge in [0.15, 0.2) is 12.4 Å². The fraction of sp³-hybridized carbons (Fsp3) is 0.286. The Morgan fingerprint density at radius 2 is 1.81 bits per heavy atom. The van der Waals surface area contributed by atoms with Crippen molar-refractivity contribution in [3.63, 3.8) is 0 Å². The van der Waals surface area contributed by atoms with Gasteiger partial charge in [-0.25, -0.2) is 0 Å². The van der Waals surface area contributed by atoms with Gasteiger partial charge in [0, 0.05) is 28.7 Å². The zero-order chi connectivity index (χ0) is 19.6. The number of esters is 1. The maximum Gasteiger partial charge on any atom is 0.311 e. The van der Waals surface area contributed by atoms with E-state index in [0.29, 0.717) is 5.56 Å². The number of nitrogens with zero attached hydrogens (tertiary/aromatic N) is 1. The van der Waals surface area contributed by atoms with Crippen molar-refractivity contribution in [3.8, 4) is 0 Å². The Hall–Kier alpha value is -2.47. The molecule has 2 aromatic carbocycles. The largest absolute Gasteiger partial charge is 0.457 e. The number of carbonyl (C=O) groups excluding carboxylic acids is 3. The highest BCUT2D eigenvalue weighted by molar-refractivity contribution is 9.10. The molecule has 2 aromatic rings. The van der Waals surface area contributed by atoms with Crippen molar-refractivity contribution in [2.45, 2.75) is 20.3 Å². The highest BCUT2D eigenvalue weighted by atomic mass is 79.9. The second-order valence-corrected chi connectivity index (χ2v) is 7.63. The molecular formula is C21H20BrNO4. The number of hydrogen-bond acceptors (Lipinski definition) is 4. The van der Waals surface area contributed by atoms with Gasteiger partial charge in [-0.2, -0.15) is 0 Å². The average molecular weight is 430 g/mol. The van der Waals surface area contributed by atoms with Crippen molar-refractivity contribution in [3.05, 3.63) is 63.6 Å². The SMILES string of the molecule is Cc1ccc(N2CC(C(=O)OCC(=O)c3ccc(Br)cc3)CC2=O)cc1C. The van der Waals surface area contributed by atoms with Gasteiger partial charge in [0.25, 0.3) is 0 Å². The van der Waals surface area contributed by atoms with Crippen LogP contribution in [-0.2, 0) is 14.3 Å². The molecule has 1 unspecified atom stereocenters. The molecule has 3 rings (SSSR count). The average Bonchev–Trinajstić information content (AvgIpc) is 3.04. The van der Waals surface area contributed by atoms with Crippen molar-refractivity contribution >= 4 is 39.3 Å². The molecule has 0 bridgehead atoms. The van der Waals surface area contributed by atoms with Crippen LogP contribution in [0.15, 0.2) is 46.9 Å². The molecule has 1 fully saturated rings. The molecule has 6 heteroatoms. The molecule has 1 heterocycles. The normalized spacial score (nSPS) is 16.5. The number of halogens is 1. The number of aryl methyl sites for hydroxylation is 2. The van der Waals surface area contributed by atoms with E-state index in [1.807, 2.05) is 32.0 Å². The molecule has 0 aromatic heterocycles. The molecular weight excluding hydrogens is 410 g/mol. The Morgan fingerprint density at radius 1 is 1.11 bits per heavy atom. The first-order chi connectivity index (χ1) is 12.8. The van der Waals surface area contributed by atoms with E-state index in [4.69, 9.17) is 4.74 Å². The molecule has 140 valence electrons. The third-order valence-electron chi connectivity index (χ3n) is 4.77. The fourth-order valence-electron chi connectivity index (χ4n) is 2.98. The Kier molecular flexibility index (Phi) is 5.75. The van der Waals surface area contributed by atoms with Crippen molar-refractivity contribution in [1.82, 2.24) is 0 Å². The van der Waals surface area contributed by atoms with Crippen LogP contribution in [0.25, 0.3) is 0 Å². The van der Waals surface area contributed by atoms with E-state index in [-0.39, 0.29) is 31.3 Å². The Morgan fingerprint density at radius 3 is 2.48 bits per heavy atom. The van der Waals surface area contributed by atoms with Crippen LogP contribution in [0.4, 0.5) is 5.69 Å². The number of benzene rings is 2. The second-order valence-electron chi connectivity index (χ2n) is 6.71. The van der Waals surface area contributed by atoms with Crippen LogP contribution in [0.3, 0.4) is 0 Å². The minimum absolute atomic E-state index is 0.0955. The molecule has 1 aliphatic rings. The molecule has 1 aliphatic heterocycles. The number of ketones is 1. The summed E-state index contributed by atoms with van der Waals surface area (Å²) in [7, 11) is 0. The number of amides is 1. The number of rotatable bonds is 5. The summed E-state index contributed by atoms with van der Waals surface area (Å²) >= 11 is 3.31. The molecule has 0 N–H and O–H groups in total. The maximum absolute atomic E-state index is 12.3. The van der Waals surface area contributed by atoms with Crippen LogP contribution in [0, 0.1) is 19.8 Å². The zero-order valence-corrected chi connectivity index (χ0v) is 16.8. The first kappa shape index (κ1) is 19.3. The number of Topliss-reactive ketones (excluding diaryl/α,β-unsaturated/α-hetero) is 1. The molecule has 1 saturated heterocycles. The molecule has 1 atom stereocenters. The van der Waals surface area contributed by atoms with Gasteiger partial charge in [-0.15, -0.1) is 0 Å². The van der Waals surface area contributed by atoms with Crippen LogP contribution < -0.4 is 4.90 Å². The molecule has 0 aliphatic carbocycles. The molecule has 0 radical (unpaired) electrons. The van der Waals surface area contributed by atoms with Gasteiger partial charge in [-0.05, 0) is 49.2 Å². The zero-order valence-electron chi connectivity index (χ0n) is 15.2. The second kappa shape index (κ2) is 8.05. The smallest absolute Gasteiger partial charge is 0.311 e. The summed E-state index contributed by atoms with van der Waals surface area (Å²) in [5.41, 5.74) is 3.49. The maximum atomic E-state index is 12.3. The van der Waals surface area contributed by atoms with E-state index in [1.165, 1.54) is 0 Å². The van der Waals surface area contributed by atoms with E-state index in [9.17, 15) is 14.4 Å². The monoisotopic (exact) mass is 429 g/mol. The van der Waals surface area contributed by atoms with E-state index in [1.54, 1.807) is 29.2 Å². The summed E-state index contributed by atoms with van der Waals surface area (Å²) in [4.78, 5) is 38.4. The lowest BCUT2D eigenvalue weighted by Gasteiger charge is -2.17. The minimum Gasteiger partial charge on any atom is -0.457 e. The summed E-state index contributed by atoms with van der Waals surface area (Å²) in [5.74, 6) is -1.46. The van der Waals surface area contributed by atoms with Crippen molar-refractivity contribution < 1.29 is 19.1 Å². The third-order valence-corrected chi connectivity index (χ3v) is 5.30. The van der Waals surface area contributed by atoms with Gasteiger partial charge in [0.2, 0.25) is 5.91 Å². The first-order valence-electron chi connectivity index (χ1n) is 8.68. The fourth-order valence-corrected chi connectivity index (χ4v) is 3.25. The van der Waals surface area contributed by atoms with E-state index in [0.717, 1.165) is 21.3 Å². The lowest BCUT2D eigenvalue weighted by Crippen LogP contribution is -2.27.